The molecule has 1 aromatic heterocycles. The van der Waals surface area contributed by atoms with Crippen molar-refractivity contribution in [1.82, 2.24) is 14.7 Å². The summed E-state index contributed by atoms with van der Waals surface area (Å²) in [7, 11) is 1.79. The summed E-state index contributed by atoms with van der Waals surface area (Å²) in [5.41, 5.74) is 1.53. The summed E-state index contributed by atoms with van der Waals surface area (Å²) < 4.78 is 7.38. The highest BCUT2D eigenvalue weighted by Crippen LogP contribution is 2.16. The predicted molar refractivity (Wildman–Crippen MR) is 106 cm³/mol. The minimum Gasteiger partial charge on any atom is -0.494 e. The molecule has 1 amide bonds. The molecule has 5 nitrogen and oxygen atoms in total. The summed E-state index contributed by atoms with van der Waals surface area (Å²) >= 11 is 6.18. The standard InChI is InChI=1S/C21H22ClN3O2/c1-24(12-7-13-27-19-9-3-2-4-10-19)21(26)18-14-23-25(16-18)15-17-8-5-6-11-20(17)22/h2-6,8-11,14,16H,7,12-13,15H2,1H3. The molecule has 0 aliphatic carbocycles. The van der Waals surface area contributed by atoms with Crippen LogP contribution in [0.1, 0.15) is 22.3 Å². The van der Waals surface area contributed by atoms with Gasteiger partial charge in [0.25, 0.3) is 5.91 Å². The number of benzene rings is 2. The van der Waals surface area contributed by atoms with Crippen LogP contribution in [0.5, 0.6) is 5.75 Å². The van der Waals surface area contributed by atoms with Gasteiger partial charge in [0.05, 0.1) is 24.9 Å². The molecule has 2 aromatic carbocycles. The molecule has 0 bridgehead atoms. The highest BCUT2D eigenvalue weighted by atomic mass is 35.5. The molecule has 0 unspecified atom stereocenters. The van der Waals surface area contributed by atoms with E-state index in [9.17, 15) is 4.79 Å². The Bertz CT molecular complexity index is 880. The number of nitrogens with zero attached hydrogens (tertiary/aromatic N) is 3. The first kappa shape index (κ1) is 19.0. The van der Waals surface area contributed by atoms with Gasteiger partial charge in [0.15, 0.2) is 0 Å². The molecule has 1 heterocycles. The summed E-state index contributed by atoms with van der Waals surface area (Å²) in [4.78, 5) is 14.2. The van der Waals surface area contributed by atoms with Crippen LogP contribution in [0, 0.1) is 0 Å². The summed E-state index contributed by atoms with van der Waals surface area (Å²) in [6, 6.07) is 17.3. The van der Waals surface area contributed by atoms with E-state index in [2.05, 4.69) is 5.10 Å². The predicted octanol–water partition coefficient (Wildman–Crippen LogP) is 4.13. The van der Waals surface area contributed by atoms with Gasteiger partial charge in [-0.25, -0.2) is 0 Å². The SMILES string of the molecule is CN(CCCOc1ccccc1)C(=O)c1cnn(Cc2ccccc2Cl)c1. The van der Waals surface area contributed by atoms with Crippen LogP contribution in [-0.2, 0) is 6.54 Å². The molecule has 27 heavy (non-hydrogen) atoms. The lowest BCUT2D eigenvalue weighted by atomic mass is 10.2. The Morgan fingerprint density at radius 3 is 2.67 bits per heavy atom. The smallest absolute Gasteiger partial charge is 0.256 e. The molecule has 0 atom stereocenters. The van der Waals surface area contributed by atoms with Gasteiger partial charge in [-0.15, -0.1) is 0 Å². The summed E-state index contributed by atoms with van der Waals surface area (Å²) in [5, 5.41) is 4.97. The van der Waals surface area contributed by atoms with Crippen molar-refractivity contribution in [1.29, 1.82) is 0 Å². The van der Waals surface area contributed by atoms with Gasteiger partial charge in [0.2, 0.25) is 0 Å². The van der Waals surface area contributed by atoms with Crippen LogP contribution >= 0.6 is 11.6 Å². The van der Waals surface area contributed by atoms with Gasteiger partial charge in [-0.3, -0.25) is 9.48 Å². The Hall–Kier alpha value is -2.79. The molecule has 6 heteroatoms. The maximum atomic E-state index is 12.5. The van der Waals surface area contributed by atoms with Crippen molar-refractivity contribution in [2.45, 2.75) is 13.0 Å². The maximum absolute atomic E-state index is 12.5. The van der Waals surface area contributed by atoms with Crippen molar-refractivity contribution in [2.75, 3.05) is 20.2 Å². The molecule has 3 aromatic rings. The largest absolute Gasteiger partial charge is 0.494 e. The summed E-state index contributed by atoms with van der Waals surface area (Å²) in [5.74, 6) is 0.785. The van der Waals surface area contributed by atoms with E-state index in [4.69, 9.17) is 16.3 Å². The fourth-order valence-corrected chi connectivity index (χ4v) is 2.89. The third-order valence-electron chi connectivity index (χ3n) is 4.17. The second kappa shape index (κ2) is 9.24. The zero-order valence-corrected chi connectivity index (χ0v) is 16.0. The number of ether oxygens (including phenoxy) is 1. The number of carbonyl (C=O) groups excluding carboxylic acids is 1. The molecule has 0 fully saturated rings. The van der Waals surface area contributed by atoms with Crippen molar-refractivity contribution in [3.63, 3.8) is 0 Å². The first-order valence-corrected chi connectivity index (χ1v) is 9.20. The second-order valence-electron chi connectivity index (χ2n) is 6.26. The lowest BCUT2D eigenvalue weighted by Gasteiger charge is -2.16. The van der Waals surface area contributed by atoms with Crippen LogP contribution in [-0.4, -0.2) is 40.8 Å². The van der Waals surface area contributed by atoms with Crippen molar-refractivity contribution >= 4 is 17.5 Å². The van der Waals surface area contributed by atoms with Crippen LogP contribution in [0.3, 0.4) is 0 Å². The summed E-state index contributed by atoms with van der Waals surface area (Å²) in [6.07, 6.45) is 4.10. The van der Waals surface area contributed by atoms with E-state index < -0.39 is 0 Å². The van der Waals surface area contributed by atoms with Gasteiger partial charge in [-0.05, 0) is 30.2 Å². The number of para-hydroxylation sites is 1. The third kappa shape index (κ3) is 5.34. The van der Waals surface area contributed by atoms with E-state index in [0.29, 0.717) is 30.3 Å². The third-order valence-corrected chi connectivity index (χ3v) is 4.54. The topological polar surface area (TPSA) is 47.4 Å². The van der Waals surface area contributed by atoms with Crippen molar-refractivity contribution in [3.8, 4) is 5.75 Å². The average Bonchev–Trinajstić information content (AvgIpc) is 3.15. The van der Waals surface area contributed by atoms with Crippen LogP contribution in [0.2, 0.25) is 5.02 Å². The van der Waals surface area contributed by atoms with E-state index in [0.717, 1.165) is 17.7 Å². The van der Waals surface area contributed by atoms with Gasteiger partial charge in [0, 0.05) is 24.8 Å². The van der Waals surface area contributed by atoms with Crippen molar-refractivity contribution in [2.24, 2.45) is 0 Å². The van der Waals surface area contributed by atoms with E-state index in [-0.39, 0.29) is 5.91 Å². The normalized spacial score (nSPS) is 10.6. The first-order chi connectivity index (χ1) is 13.1. The maximum Gasteiger partial charge on any atom is 0.256 e. The number of hydrogen-bond acceptors (Lipinski definition) is 3. The number of amides is 1. The Kier molecular flexibility index (Phi) is 6.49. The Balaban J connectivity index is 1.48. The molecule has 0 spiro atoms. The van der Waals surface area contributed by atoms with Gasteiger partial charge in [0.1, 0.15) is 5.75 Å². The molecule has 0 aliphatic heterocycles. The number of hydrogen-bond donors (Lipinski definition) is 0. The lowest BCUT2D eigenvalue weighted by Crippen LogP contribution is -2.28. The monoisotopic (exact) mass is 383 g/mol. The number of rotatable bonds is 8. The Morgan fingerprint density at radius 1 is 1.15 bits per heavy atom. The Labute approximate surface area is 164 Å². The fraction of sp³-hybridized carbons (Fsp3) is 0.238. The van der Waals surface area contributed by atoms with E-state index >= 15 is 0 Å². The van der Waals surface area contributed by atoms with Crippen LogP contribution in [0.15, 0.2) is 67.0 Å². The second-order valence-corrected chi connectivity index (χ2v) is 6.67. The zero-order valence-electron chi connectivity index (χ0n) is 15.2. The fourth-order valence-electron chi connectivity index (χ4n) is 2.69. The summed E-state index contributed by atoms with van der Waals surface area (Å²) in [6.45, 7) is 1.70. The van der Waals surface area contributed by atoms with Crippen LogP contribution < -0.4 is 4.74 Å². The Morgan fingerprint density at radius 2 is 1.89 bits per heavy atom. The van der Waals surface area contributed by atoms with Crippen molar-refractivity contribution < 1.29 is 9.53 Å². The highest BCUT2D eigenvalue weighted by Gasteiger charge is 2.14. The van der Waals surface area contributed by atoms with E-state index in [1.165, 1.54) is 0 Å². The number of halogens is 1. The molecule has 140 valence electrons. The molecule has 0 radical (unpaired) electrons. The lowest BCUT2D eigenvalue weighted by molar-refractivity contribution is 0.0788. The molecule has 0 saturated carbocycles. The minimum absolute atomic E-state index is 0.0554. The van der Waals surface area contributed by atoms with Gasteiger partial charge < -0.3 is 9.64 Å². The molecule has 3 rings (SSSR count). The number of carbonyl (C=O) groups is 1. The van der Waals surface area contributed by atoms with E-state index in [1.807, 2.05) is 54.6 Å². The zero-order chi connectivity index (χ0) is 19.1. The molecule has 0 aliphatic rings. The highest BCUT2D eigenvalue weighted by molar-refractivity contribution is 6.31. The van der Waals surface area contributed by atoms with Gasteiger partial charge in [-0.2, -0.15) is 5.10 Å². The minimum atomic E-state index is -0.0554. The van der Waals surface area contributed by atoms with Crippen LogP contribution in [0.25, 0.3) is 0 Å². The number of aromatic nitrogens is 2. The molecule has 0 saturated heterocycles. The molecular formula is C21H22ClN3O2. The first-order valence-electron chi connectivity index (χ1n) is 8.82. The quantitative estimate of drug-likeness (QED) is 0.549. The van der Waals surface area contributed by atoms with Gasteiger partial charge >= 0.3 is 0 Å². The molecule has 0 N–H and O–H groups in total. The van der Waals surface area contributed by atoms with Crippen LogP contribution in [0.4, 0.5) is 0 Å². The van der Waals surface area contributed by atoms with E-state index in [1.54, 1.807) is 29.0 Å². The molecular weight excluding hydrogens is 362 g/mol. The van der Waals surface area contributed by atoms with Gasteiger partial charge in [-0.1, -0.05) is 48.0 Å². The average molecular weight is 384 g/mol. The van der Waals surface area contributed by atoms with Crippen molar-refractivity contribution in [3.05, 3.63) is 83.1 Å².